The highest BCUT2D eigenvalue weighted by molar-refractivity contribution is 6.34. The van der Waals surface area contributed by atoms with E-state index in [1.807, 2.05) is 13.0 Å². The van der Waals surface area contributed by atoms with Crippen LogP contribution in [0.3, 0.4) is 0 Å². The van der Waals surface area contributed by atoms with E-state index in [2.05, 4.69) is 49.6 Å². The SMILES string of the molecule is CCc1nc2cc(C)cc(C)c2n1Cc1ccc(OCc2cccc(C(=O)O)c2Cl)c(C)c1. The van der Waals surface area contributed by atoms with Gasteiger partial charge in [-0.05, 0) is 61.2 Å². The maximum absolute atomic E-state index is 11.3. The molecule has 5 nitrogen and oxygen atoms in total. The molecule has 0 saturated heterocycles. The minimum absolute atomic E-state index is 0.0783. The number of nitrogens with zero attached hydrogens (tertiary/aromatic N) is 2. The molecule has 0 saturated carbocycles. The standard InChI is InChI=1S/C27H27ClN2O3/c1-5-24-29-22-12-16(2)11-18(4)26(22)30(24)14-19-9-10-23(17(3)13-19)33-15-20-7-6-8-21(25(20)28)27(31)32/h6-13H,5,14-15H2,1-4H3,(H,31,32). The van der Waals surface area contributed by atoms with Crippen LogP contribution in [-0.2, 0) is 19.6 Å². The van der Waals surface area contributed by atoms with Crippen molar-refractivity contribution in [1.82, 2.24) is 9.55 Å². The van der Waals surface area contributed by atoms with Gasteiger partial charge in [0.25, 0.3) is 0 Å². The summed E-state index contributed by atoms with van der Waals surface area (Å²) in [6.07, 6.45) is 0.865. The Hall–Kier alpha value is -3.31. The molecule has 0 amide bonds. The molecule has 4 aromatic rings. The molecule has 0 spiro atoms. The van der Waals surface area contributed by atoms with Gasteiger partial charge in [0.1, 0.15) is 18.2 Å². The van der Waals surface area contributed by atoms with Crippen molar-refractivity contribution in [2.24, 2.45) is 0 Å². The zero-order valence-corrected chi connectivity index (χ0v) is 20.0. The highest BCUT2D eigenvalue weighted by Crippen LogP contribution is 2.27. The van der Waals surface area contributed by atoms with Crippen molar-refractivity contribution in [3.8, 4) is 5.75 Å². The van der Waals surface area contributed by atoms with Gasteiger partial charge in [-0.2, -0.15) is 0 Å². The topological polar surface area (TPSA) is 64.4 Å². The Bertz CT molecular complexity index is 1360. The van der Waals surface area contributed by atoms with Crippen molar-refractivity contribution in [2.75, 3.05) is 0 Å². The molecule has 1 aromatic heterocycles. The van der Waals surface area contributed by atoms with E-state index in [0.717, 1.165) is 35.6 Å². The van der Waals surface area contributed by atoms with Crippen molar-refractivity contribution in [3.05, 3.63) is 92.8 Å². The number of aromatic carboxylic acids is 1. The first-order valence-corrected chi connectivity index (χ1v) is 11.4. The third-order valence-electron chi connectivity index (χ3n) is 5.84. The van der Waals surface area contributed by atoms with Gasteiger partial charge in [0.2, 0.25) is 0 Å². The number of carboxylic acid groups (broad SMARTS) is 1. The number of fused-ring (bicyclic) bond motifs is 1. The number of hydrogen-bond donors (Lipinski definition) is 1. The van der Waals surface area contributed by atoms with E-state index >= 15 is 0 Å². The summed E-state index contributed by atoms with van der Waals surface area (Å²) in [6, 6.07) is 15.4. The summed E-state index contributed by atoms with van der Waals surface area (Å²) < 4.78 is 8.28. The Balaban J connectivity index is 1.57. The highest BCUT2D eigenvalue weighted by Gasteiger charge is 2.15. The van der Waals surface area contributed by atoms with Gasteiger partial charge in [0.15, 0.2) is 0 Å². The van der Waals surface area contributed by atoms with Crippen LogP contribution in [0.4, 0.5) is 0 Å². The molecule has 33 heavy (non-hydrogen) atoms. The van der Waals surface area contributed by atoms with Gasteiger partial charge in [-0.1, -0.05) is 48.9 Å². The van der Waals surface area contributed by atoms with Gasteiger partial charge in [-0.15, -0.1) is 0 Å². The Kier molecular flexibility index (Phi) is 6.43. The van der Waals surface area contributed by atoms with Gasteiger partial charge >= 0.3 is 5.97 Å². The molecule has 1 heterocycles. The van der Waals surface area contributed by atoms with Crippen LogP contribution in [0.2, 0.25) is 5.02 Å². The summed E-state index contributed by atoms with van der Waals surface area (Å²) in [7, 11) is 0. The maximum atomic E-state index is 11.3. The van der Waals surface area contributed by atoms with Crippen molar-refractivity contribution < 1.29 is 14.6 Å². The van der Waals surface area contributed by atoms with E-state index in [9.17, 15) is 9.90 Å². The number of aryl methyl sites for hydroxylation is 4. The number of carboxylic acids is 1. The molecule has 170 valence electrons. The zero-order valence-electron chi connectivity index (χ0n) is 19.3. The number of imidazole rings is 1. The third kappa shape index (κ3) is 4.60. The van der Waals surface area contributed by atoms with Crippen LogP contribution in [-0.4, -0.2) is 20.6 Å². The van der Waals surface area contributed by atoms with Crippen LogP contribution in [0, 0.1) is 20.8 Å². The van der Waals surface area contributed by atoms with E-state index in [-0.39, 0.29) is 17.2 Å². The molecule has 0 unspecified atom stereocenters. The quantitative estimate of drug-likeness (QED) is 0.340. The minimum atomic E-state index is -1.05. The van der Waals surface area contributed by atoms with Gasteiger partial charge < -0.3 is 14.4 Å². The predicted molar refractivity (Wildman–Crippen MR) is 132 cm³/mol. The summed E-state index contributed by atoms with van der Waals surface area (Å²) in [4.78, 5) is 16.2. The van der Waals surface area contributed by atoms with Gasteiger partial charge in [-0.3, -0.25) is 0 Å². The molecular weight excluding hydrogens is 436 g/mol. The largest absolute Gasteiger partial charge is 0.489 e. The van der Waals surface area contributed by atoms with Crippen molar-refractivity contribution in [3.63, 3.8) is 0 Å². The molecule has 0 bridgehead atoms. The molecule has 0 aliphatic rings. The number of ether oxygens (including phenoxy) is 1. The molecule has 1 N–H and O–H groups in total. The van der Waals surface area contributed by atoms with Crippen LogP contribution >= 0.6 is 11.6 Å². The van der Waals surface area contributed by atoms with Crippen LogP contribution in [0.25, 0.3) is 11.0 Å². The lowest BCUT2D eigenvalue weighted by molar-refractivity contribution is 0.0697. The fourth-order valence-corrected chi connectivity index (χ4v) is 4.57. The van der Waals surface area contributed by atoms with Crippen LogP contribution in [0.5, 0.6) is 5.75 Å². The van der Waals surface area contributed by atoms with Crippen LogP contribution in [0.1, 0.15) is 50.9 Å². The lowest BCUT2D eigenvalue weighted by Gasteiger charge is -2.14. The Labute approximate surface area is 198 Å². The number of halogens is 1. The zero-order chi connectivity index (χ0) is 23.7. The molecule has 0 radical (unpaired) electrons. The Morgan fingerprint density at radius 3 is 2.58 bits per heavy atom. The molecular formula is C27H27ClN2O3. The average Bonchev–Trinajstić information content (AvgIpc) is 3.11. The number of benzene rings is 3. The molecule has 0 aliphatic heterocycles. The highest BCUT2D eigenvalue weighted by atomic mass is 35.5. The minimum Gasteiger partial charge on any atom is -0.489 e. The molecule has 3 aromatic carbocycles. The van der Waals surface area contributed by atoms with E-state index < -0.39 is 5.97 Å². The normalized spacial score (nSPS) is 11.2. The average molecular weight is 463 g/mol. The monoisotopic (exact) mass is 462 g/mol. The fourth-order valence-electron chi connectivity index (χ4n) is 4.31. The second-order valence-corrected chi connectivity index (χ2v) is 8.77. The fraction of sp³-hybridized carbons (Fsp3) is 0.259. The van der Waals surface area contributed by atoms with E-state index in [4.69, 9.17) is 21.3 Å². The number of aromatic nitrogens is 2. The smallest absolute Gasteiger partial charge is 0.337 e. The van der Waals surface area contributed by atoms with E-state index in [0.29, 0.717) is 5.56 Å². The van der Waals surface area contributed by atoms with Gasteiger partial charge in [0, 0.05) is 18.5 Å². The first-order chi connectivity index (χ1) is 15.8. The third-order valence-corrected chi connectivity index (χ3v) is 6.29. The summed E-state index contributed by atoms with van der Waals surface area (Å²) >= 11 is 6.24. The van der Waals surface area contributed by atoms with Crippen LogP contribution in [0.15, 0.2) is 48.5 Å². The lowest BCUT2D eigenvalue weighted by atomic mass is 10.1. The van der Waals surface area contributed by atoms with Gasteiger partial charge in [0.05, 0.1) is 21.6 Å². The Morgan fingerprint density at radius 1 is 1.09 bits per heavy atom. The van der Waals surface area contributed by atoms with E-state index in [1.54, 1.807) is 12.1 Å². The van der Waals surface area contributed by atoms with E-state index in [1.165, 1.54) is 28.3 Å². The van der Waals surface area contributed by atoms with Crippen molar-refractivity contribution in [1.29, 1.82) is 0 Å². The number of hydrogen-bond acceptors (Lipinski definition) is 3. The summed E-state index contributed by atoms with van der Waals surface area (Å²) in [5.41, 5.74) is 7.57. The summed E-state index contributed by atoms with van der Waals surface area (Å²) in [6.45, 7) is 9.31. The molecule has 0 fully saturated rings. The number of carbonyl (C=O) groups is 1. The molecule has 0 atom stereocenters. The summed E-state index contributed by atoms with van der Waals surface area (Å²) in [5, 5.41) is 9.47. The molecule has 4 rings (SSSR count). The summed E-state index contributed by atoms with van der Waals surface area (Å²) in [5.74, 6) is 0.768. The van der Waals surface area contributed by atoms with Crippen LogP contribution < -0.4 is 4.74 Å². The predicted octanol–water partition coefficient (Wildman–Crippen LogP) is 6.50. The lowest BCUT2D eigenvalue weighted by Crippen LogP contribution is -2.06. The molecule has 0 aliphatic carbocycles. The second kappa shape index (κ2) is 9.28. The molecule has 6 heteroatoms. The van der Waals surface area contributed by atoms with Gasteiger partial charge in [-0.25, -0.2) is 9.78 Å². The maximum Gasteiger partial charge on any atom is 0.337 e. The van der Waals surface area contributed by atoms with Crippen molar-refractivity contribution >= 4 is 28.6 Å². The number of rotatable bonds is 7. The Morgan fingerprint density at radius 2 is 1.88 bits per heavy atom. The van der Waals surface area contributed by atoms with Crippen molar-refractivity contribution in [2.45, 2.75) is 47.3 Å². The second-order valence-electron chi connectivity index (χ2n) is 8.39. The first kappa shape index (κ1) is 22.9. The first-order valence-electron chi connectivity index (χ1n) is 11.0.